The summed E-state index contributed by atoms with van der Waals surface area (Å²) in [5, 5.41) is 12.6. The molecule has 0 atom stereocenters. The van der Waals surface area contributed by atoms with Gasteiger partial charge in [-0.1, -0.05) is 66.2 Å². The monoisotopic (exact) mass is 626 g/mol. The minimum Gasteiger partial charge on any atom is -0.338 e. The molecule has 3 aromatic rings. The lowest BCUT2D eigenvalue weighted by Gasteiger charge is -2.57. The number of carbonyl (C=O) groups excluding carboxylic acids is 1. The molecule has 8 heteroatoms. The number of nitrogens with one attached hydrogen (secondary N) is 2. The Morgan fingerprint density at radius 3 is 2.19 bits per heavy atom. The van der Waals surface area contributed by atoms with Crippen LogP contribution < -0.4 is 10.6 Å². The third-order valence-electron chi connectivity index (χ3n) is 9.98. The first kappa shape index (κ1) is 29.8. The molecule has 0 spiro atoms. The third-order valence-corrected chi connectivity index (χ3v) is 10.8. The molecule has 4 aliphatic carbocycles. The largest absolute Gasteiger partial charge is 0.338 e. The highest BCUT2D eigenvalue weighted by molar-refractivity contribution is 6.35. The van der Waals surface area contributed by atoms with Gasteiger partial charge in [0.25, 0.3) is 0 Å². The van der Waals surface area contributed by atoms with E-state index in [1.165, 1.54) is 64.2 Å². The number of unbranched alkanes of at least 4 members (excludes halogenated alkanes) is 3. The van der Waals surface area contributed by atoms with Crippen molar-refractivity contribution in [2.24, 2.45) is 23.2 Å². The maximum atomic E-state index is 12.6. The van der Waals surface area contributed by atoms with Crippen molar-refractivity contribution in [1.29, 1.82) is 0 Å². The molecule has 0 saturated heterocycles. The van der Waals surface area contributed by atoms with Gasteiger partial charge >= 0.3 is 6.03 Å². The second-order valence-electron chi connectivity index (χ2n) is 13.1. The van der Waals surface area contributed by atoms with E-state index in [4.69, 9.17) is 39.9 Å². The fraction of sp³-hybridized carbons (Fsp3) is 0.529. The second kappa shape index (κ2) is 12.8. The van der Waals surface area contributed by atoms with E-state index < -0.39 is 0 Å². The van der Waals surface area contributed by atoms with Crippen LogP contribution in [0.5, 0.6) is 0 Å². The number of urea groups is 1. The Balaban J connectivity index is 0.988. The number of hydrogen-bond donors (Lipinski definition) is 2. The molecule has 2 aromatic carbocycles. The van der Waals surface area contributed by atoms with Gasteiger partial charge in [0.1, 0.15) is 0 Å². The number of nitrogens with zero attached hydrogens (tertiary/aromatic N) is 2. The fourth-order valence-electron chi connectivity index (χ4n) is 8.49. The van der Waals surface area contributed by atoms with E-state index >= 15 is 0 Å². The van der Waals surface area contributed by atoms with Crippen LogP contribution in [0.2, 0.25) is 15.1 Å². The standard InChI is InChI=1S/C34H41Cl3N4O/c1-22-30(40-41(31-11-10-28(36)17-29(31)37)32(22)26-6-8-27(35)9-7-26)21-39-33(42)38-13-5-3-2-4-12-34-18-23-14-24(19-34)16-25(15-23)20-34/h6-11,17,23-25H,2-5,12-16,18-21H2,1H3,(H2,38,39,42). The summed E-state index contributed by atoms with van der Waals surface area (Å²) < 4.78 is 1.82. The topological polar surface area (TPSA) is 59.0 Å². The van der Waals surface area contributed by atoms with Gasteiger partial charge in [-0.05, 0) is 112 Å². The molecule has 4 aliphatic rings. The van der Waals surface area contributed by atoms with Crippen LogP contribution in [0.1, 0.15) is 81.9 Å². The lowest BCUT2D eigenvalue weighted by Crippen LogP contribution is -2.45. The molecule has 0 unspecified atom stereocenters. The van der Waals surface area contributed by atoms with Gasteiger partial charge in [-0.15, -0.1) is 0 Å². The second-order valence-corrected chi connectivity index (χ2v) is 14.4. The number of halogens is 3. The van der Waals surface area contributed by atoms with Crippen molar-refractivity contribution < 1.29 is 4.79 Å². The summed E-state index contributed by atoms with van der Waals surface area (Å²) in [6.07, 6.45) is 15.3. The summed E-state index contributed by atoms with van der Waals surface area (Å²) in [5.41, 5.74) is 4.97. The van der Waals surface area contributed by atoms with Gasteiger partial charge in [0.05, 0.1) is 28.6 Å². The Morgan fingerprint density at radius 2 is 1.52 bits per heavy atom. The Morgan fingerprint density at radius 1 is 0.881 bits per heavy atom. The molecule has 2 amide bonds. The van der Waals surface area contributed by atoms with Gasteiger partial charge in [0, 0.05) is 27.7 Å². The molecular weight excluding hydrogens is 587 g/mol. The number of rotatable bonds is 11. The zero-order valence-corrected chi connectivity index (χ0v) is 26.7. The molecule has 4 fully saturated rings. The Bertz CT molecular complexity index is 1380. The highest BCUT2D eigenvalue weighted by Crippen LogP contribution is 2.61. The van der Waals surface area contributed by atoms with E-state index in [-0.39, 0.29) is 6.03 Å². The molecule has 7 rings (SSSR count). The van der Waals surface area contributed by atoms with Gasteiger partial charge in [0.15, 0.2) is 0 Å². The summed E-state index contributed by atoms with van der Waals surface area (Å²) in [6, 6.07) is 12.8. The van der Waals surface area contributed by atoms with Gasteiger partial charge in [-0.2, -0.15) is 5.10 Å². The first-order valence-electron chi connectivity index (χ1n) is 15.6. The minimum absolute atomic E-state index is 0.171. The predicted octanol–water partition coefficient (Wildman–Crippen LogP) is 9.77. The van der Waals surface area contributed by atoms with E-state index in [9.17, 15) is 4.79 Å². The zero-order valence-electron chi connectivity index (χ0n) is 24.4. The normalized spacial score (nSPS) is 24.2. The van der Waals surface area contributed by atoms with Crippen LogP contribution in [0.3, 0.4) is 0 Å². The van der Waals surface area contributed by atoms with E-state index in [1.54, 1.807) is 12.1 Å². The Labute approximate surface area is 264 Å². The average Bonchev–Trinajstić information content (AvgIpc) is 3.26. The van der Waals surface area contributed by atoms with Crippen molar-refractivity contribution in [2.75, 3.05) is 6.54 Å². The van der Waals surface area contributed by atoms with Crippen LogP contribution in [0.15, 0.2) is 42.5 Å². The summed E-state index contributed by atoms with van der Waals surface area (Å²) >= 11 is 18.9. The van der Waals surface area contributed by atoms with Crippen LogP contribution in [-0.4, -0.2) is 22.4 Å². The molecule has 1 aromatic heterocycles. The zero-order chi connectivity index (χ0) is 29.3. The average molecular weight is 628 g/mol. The number of hydrogen-bond acceptors (Lipinski definition) is 2. The summed E-state index contributed by atoms with van der Waals surface area (Å²) in [5.74, 6) is 3.11. The third kappa shape index (κ3) is 6.64. The van der Waals surface area contributed by atoms with Crippen LogP contribution in [0, 0.1) is 30.1 Å². The lowest BCUT2D eigenvalue weighted by atomic mass is 9.48. The molecule has 0 aliphatic heterocycles. The van der Waals surface area contributed by atoms with Gasteiger partial charge in [0.2, 0.25) is 0 Å². The van der Waals surface area contributed by atoms with E-state index in [0.717, 1.165) is 46.7 Å². The van der Waals surface area contributed by atoms with Crippen molar-refractivity contribution in [1.82, 2.24) is 20.4 Å². The van der Waals surface area contributed by atoms with Crippen molar-refractivity contribution in [3.05, 3.63) is 68.8 Å². The van der Waals surface area contributed by atoms with Crippen molar-refractivity contribution >= 4 is 40.8 Å². The number of carbonyl (C=O) groups is 1. The molecule has 224 valence electrons. The van der Waals surface area contributed by atoms with E-state index in [2.05, 4.69) is 10.6 Å². The minimum atomic E-state index is -0.171. The van der Waals surface area contributed by atoms with Gasteiger partial charge in [-0.3, -0.25) is 0 Å². The Kier molecular flexibility index (Phi) is 9.09. The number of benzene rings is 2. The molecule has 4 bridgehead atoms. The highest BCUT2D eigenvalue weighted by atomic mass is 35.5. The van der Waals surface area contributed by atoms with Crippen molar-refractivity contribution in [3.8, 4) is 16.9 Å². The SMILES string of the molecule is Cc1c(CNC(=O)NCCCCCCC23CC4CC(CC(C4)C2)C3)nn(-c2ccc(Cl)cc2Cl)c1-c1ccc(Cl)cc1. The maximum absolute atomic E-state index is 12.6. The van der Waals surface area contributed by atoms with Crippen LogP contribution in [0.4, 0.5) is 4.79 Å². The molecule has 2 N–H and O–H groups in total. The molecule has 0 radical (unpaired) electrons. The quantitative estimate of drug-likeness (QED) is 0.208. The first-order chi connectivity index (χ1) is 20.3. The summed E-state index contributed by atoms with van der Waals surface area (Å²) in [4.78, 5) is 12.6. The van der Waals surface area contributed by atoms with Gasteiger partial charge in [-0.25, -0.2) is 9.48 Å². The van der Waals surface area contributed by atoms with Crippen molar-refractivity contribution in [3.63, 3.8) is 0 Å². The molecule has 5 nitrogen and oxygen atoms in total. The maximum Gasteiger partial charge on any atom is 0.315 e. The molecule has 4 saturated carbocycles. The van der Waals surface area contributed by atoms with E-state index in [1.807, 2.05) is 41.9 Å². The lowest BCUT2D eigenvalue weighted by molar-refractivity contribution is -0.0583. The Hall–Kier alpha value is -2.21. The molecule has 42 heavy (non-hydrogen) atoms. The predicted molar refractivity (Wildman–Crippen MR) is 173 cm³/mol. The molecular formula is C34H41Cl3N4O. The van der Waals surface area contributed by atoms with Gasteiger partial charge < -0.3 is 10.6 Å². The number of amides is 2. The fourth-order valence-corrected chi connectivity index (χ4v) is 9.10. The smallest absolute Gasteiger partial charge is 0.315 e. The summed E-state index contributed by atoms with van der Waals surface area (Å²) in [6.45, 7) is 3.00. The van der Waals surface area contributed by atoms with Crippen LogP contribution in [0.25, 0.3) is 16.9 Å². The first-order valence-corrected chi connectivity index (χ1v) is 16.7. The van der Waals surface area contributed by atoms with Crippen LogP contribution in [-0.2, 0) is 6.54 Å². The van der Waals surface area contributed by atoms with Crippen molar-refractivity contribution in [2.45, 2.75) is 84.1 Å². The van der Waals surface area contributed by atoms with Crippen LogP contribution >= 0.6 is 34.8 Å². The molecule has 1 heterocycles. The summed E-state index contributed by atoms with van der Waals surface area (Å²) in [7, 11) is 0. The number of aromatic nitrogens is 2. The van der Waals surface area contributed by atoms with E-state index in [0.29, 0.717) is 39.3 Å². The highest BCUT2D eigenvalue weighted by Gasteiger charge is 2.50.